The van der Waals surface area contributed by atoms with Crippen LogP contribution in [0.2, 0.25) is 0 Å². The third kappa shape index (κ3) is 2.35. The summed E-state index contributed by atoms with van der Waals surface area (Å²) in [6, 6.07) is -0.0343. The van der Waals surface area contributed by atoms with E-state index in [1.54, 1.807) is 6.92 Å². The van der Waals surface area contributed by atoms with E-state index in [-0.39, 0.29) is 10.5 Å². The molecule has 0 saturated carbocycles. The van der Waals surface area contributed by atoms with E-state index in [0.717, 1.165) is 19.4 Å². The van der Waals surface area contributed by atoms with Crippen LogP contribution in [0, 0.1) is 0 Å². The van der Waals surface area contributed by atoms with E-state index in [9.17, 15) is 13.2 Å². The lowest BCUT2D eigenvalue weighted by Crippen LogP contribution is -2.17. The van der Waals surface area contributed by atoms with Gasteiger partial charge in [0.1, 0.15) is 0 Å². The zero-order valence-electron chi connectivity index (χ0n) is 9.31. The molecule has 3 nitrogen and oxygen atoms in total. The van der Waals surface area contributed by atoms with Crippen molar-refractivity contribution in [2.45, 2.75) is 38.5 Å². The van der Waals surface area contributed by atoms with Crippen LogP contribution in [-0.2, 0) is 12.7 Å². The second-order valence-electron chi connectivity index (χ2n) is 4.01. The van der Waals surface area contributed by atoms with E-state index in [1.807, 2.05) is 0 Å². The van der Waals surface area contributed by atoms with Crippen LogP contribution in [0.3, 0.4) is 0 Å². The molecule has 0 bridgehead atoms. The average Bonchev–Trinajstić information content (AvgIpc) is 2.82. The fourth-order valence-corrected chi connectivity index (χ4v) is 2.91. The highest BCUT2D eigenvalue weighted by atomic mass is 79.9. The van der Waals surface area contributed by atoms with Crippen LogP contribution in [0.15, 0.2) is 4.47 Å². The molecule has 1 aromatic rings. The first-order valence-electron chi connectivity index (χ1n) is 5.52. The topological polar surface area (TPSA) is 29.9 Å². The summed E-state index contributed by atoms with van der Waals surface area (Å²) < 4.78 is 39.7. The van der Waals surface area contributed by atoms with Gasteiger partial charge in [-0.05, 0) is 42.2 Å². The maximum Gasteiger partial charge on any atom is 0.436 e. The van der Waals surface area contributed by atoms with E-state index in [1.165, 1.54) is 4.68 Å². The third-order valence-electron chi connectivity index (χ3n) is 2.89. The summed E-state index contributed by atoms with van der Waals surface area (Å²) in [5, 5.41) is 6.84. The fourth-order valence-electron chi connectivity index (χ4n) is 2.13. The maximum absolute atomic E-state index is 12.7. The molecule has 1 unspecified atom stereocenters. The molecule has 1 aliphatic heterocycles. The Balaban J connectivity index is 2.46. The van der Waals surface area contributed by atoms with Crippen LogP contribution in [0.25, 0.3) is 0 Å². The van der Waals surface area contributed by atoms with Crippen molar-refractivity contribution in [2.24, 2.45) is 0 Å². The van der Waals surface area contributed by atoms with Gasteiger partial charge in [0.15, 0.2) is 5.69 Å². The van der Waals surface area contributed by atoms with Gasteiger partial charge in [-0.3, -0.25) is 4.68 Å². The molecule has 1 aliphatic rings. The van der Waals surface area contributed by atoms with Gasteiger partial charge in [-0.25, -0.2) is 0 Å². The molecule has 0 aliphatic carbocycles. The van der Waals surface area contributed by atoms with Crippen molar-refractivity contribution < 1.29 is 13.2 Å². The summed E-state index contributed by atoms with van der Waals surface area (Å²) in [4.78, 5) is 0. The summed E-state index contributed by atoms with van der Waals surface area (Å²) in [6.07, 6.45) is -2.58. The van der Waals surface area contributed by atoms with E-state index >= 15 is 0 Å². The predicted molar refractivity (Wildman–Crippen MR) is 60.6 cm³/mol. The SMILES string of the molecule is CCn1nc(C(F)(F)F)c(Br)c1C1CCCN1. The van der Waals surface area contributed by atoms with Crippen LogP contribution in [0.1, 0.15) is 37.2 Å². The summed E-state index contributed by atoms with van der Waals surface area (Å²) in [7, 11) is 0. The number of hydrogen-bond acceptors (Lipinski definition) is 2. The van der Waals surface area contributed by atoms with Gasteiger partial charge in [0.2, 0.25) is 0 Å². The lowest BCUT2D eigenvalue weighted by atomic mass is 10.1. The number of aromatic nitrogens is 2. The van der Waals surface area contributed by atoms with Gasteiger partial charge in [-0.15, -0.1) is 0 Å². The fraction of sp³-hybridized carbons (Fsp3) is 0.700. The molecule has 2 rings (SSSR count). The minimum atomic E-state index is -4.41. The summed E-state index contributed by atoms with van der Waals surface area (Å²) in [6.45, 7) is 3.06. The Labute approximate surface area is 106 Å². The largest absolute Gasteiger partial charge is 0.436 e. The number of aryl methyl sites for hydroxylation is 1. The summed E-state index contributed by atoms with van der Waals surface area (Å²) >= 11 is 3.05. The monoisotopic (exact) mass is 311 g/mol. The second kappa shape index (κ2) is 4.61. The van der Waals surface area contributed by atoms with Gasteiger partial charge in [0.25, 0.3) is 0 Å². The van der Waals surface area contributed by atoms with Gasteiger partial charge >= 0.3 is 6.18 Å². The minimum Gasteiger partial charge on any atom is -0.309 e. The lowest BCUT2D eigenvalue weighted by molar-refractivity contribution is -0.142. The van der Waals surface area contributed by atoms with E-state index in [0.29, 0.717) is 12.2 Å². The number of rotatable bonds is 2. The Morgan fingerprint density at radius 1 is 1.53 bits per heavy atom. The molecule has 1 saturated heterocycles. The number of halogens is 4. The number of nitrogens with one attached hydrogen (secondary N) is 1. The predicted octanol–water partition coefficient (Wildman–Crippen LogP) is 3.11. The van der Waals surface area contributed by atoms with Crippen LogP contribution < -0.4 is 5.32 Å². The van der Waals surface area contributed by atoms with Crippen molar-refractivity contribution in [3.05, 3.63) is 15.9 Å². The van der Waals surface area contributed by atoms with Crippen LogP contribution >= 0.6 is 15.9 Å². The highest BCUT2D eigenvalue weighted by molar-refractivity contribution is 9.10. The first-order valence-corrected chi connectivity index (χ1v) is 6.31. The molecule has 1 atom stereocenters. The third-order valence-corrected chi connectivity index (χ3v) is 3.67. The van der Waals surface area contributed by atoms with Gasteiger partial charge in [0, 0.05) is 6.54 Å². The second-order valence-corrected chi connectivity index (χ2v) is 4.80. The van der Waals surface area contributed by atoms with E-state index in [4.69, 9.17) is 0 Å². The molecule has 2 heterocycles. The molecule has 0 amide bonds. The van der Waals surface area contributed by atoms with Crippen molar-refractivity contribution in [1.29, 1.82) is 0 Å². The summed E-state index contributed by atoms with van der Waals surface area (Å²) in [5.74, 6) is 0. The zero-order chi connectivity index (χ0) is 12.6. The molecular weight excluding hydrogens is 299 g/mol. The standard InChI is InChI=1S/C10H13BrF3N3/c1-2-17-8(6-4-3-5-15-6)7(11)9(16-17)10(12,13)14/h6,15H,2-5H2,1H3. The minimum absolute atomic E-state index is 0.0343. The normalized spacial score (nSPS) is 21.1. The molecule has 0 radical (unpaired) electrons. The Morgan fingerprint density at radius 2 is 2.24 bits per heavy atom. The Hall–Kier alpha value is -0.560. The lowest BCUT2D eigenvalue weighted by Gasteiger charge is -2.12. The molecule has 1 aromatic heterocycles. The quantitative estimate of drug-likeness (QED) is 0.909. The van der Waals surface area contributed by atoms with E-state index < -0.39 is 11.9 Å². The first-order chi connectivity index (χ1) is 7.95. The van der Waals surface area contributed by atoms with Crippen molar-refractivity contribution in [3.63, 3.8) is 0 Å². The molecular formula is C10H13BrF3N3. The average molecular weight is 312 g/mol. The van der Waals surface area contributed by atoms with E-state index in [2.05, 4.69) is 26.3 Å². The number of hydrogen-bond donors (Lipinski definition) is 1. The van der Waals surface area contributed by atoms with Gasteiger partial charge in [-0.1, -0.05) is 0 Å². The van der Waals surface area contributed by atoms with Gasteiger partial charge in [0.05, 0.1) is 16.2 Å². The maximum atomic E-state index is 12.7. The van der Waals surface area contributed by atoms with Gasteiger partial charge < -0.3 is 5.32 Å². The van der Waals surface area contributed by atoms with Crippen molar-refractivity contribution in [3.8, 4) is 0 Å². The number of alkyl halides is 3. The number of nitrogens with zero attached hydrogens (tertiary/aromatic N) is 2. The van der Waals surface area contributed by atoms with Crippen molar-refractivity contribution in [1.82, 2.24) is 15.1 Å². The molecule has 1 N–H and O–H groups in total. The molecule has 0 aromatic carbocycles. The smallest absolute Gasteiger partial charge is 0.309 e. The Morgan fingerprint density at radius 3 is 2.71 bits per heavy atom. The molecule has 0 spiro atoms. The van der Waals surface area contributed by atoms with Crippen LogP contribution in [-0.4, -0.2) is 16.3 Å². The molecule has 17 heavy (non-hydrogen) atoms. The highest BCUT2D eigenvalue weighted by Crippen LogP contribution is 2.39. The van der Waals surface area contributed by atoms with Crippen LogP contribution in [0.5, 0.6) is 0 Å². The molecule has 1 fully saturated rings. The summed E-state index contributed by atoms with van der Waals surface area (Å²) in [5.41, 5.74) is -0.222. The van der Waals surface area contributed by atoms with Crippen LogP contribution in [0.4, 0.5) is 13.2 Å². The first kappa shape index (κ1) is 12.9. The van der Waals surface area contributed by atoms with Crippen molar-refractivity contribution in [2.75, 3.05) is 6.54 Å². The Bertz CT molecular complexity index is 408. The highest BCUT2D eigenvalue weighted by Gasteiger charge is 2.39. The van der Waals surface area contributed by atoms with Gasteiger partial charge in [-0.2, -0.15) is 18.3 Å². The molecule has 7 heteroatoms. The molecule has 96 valence electrons. The van der Waals surface area contributed by atoms with Crippen molar-refractivity contribution >= 4 is 15.9 Å². The Kier molecular flexibility index (Phi) is 3.49. The zero-order valence-corrected chi connectivity index (χ0v) is 10.9.